The van der Waals surface area contributed by atoms with Gasteiger partial charge < -0.3 is 15.4 Å². The van der Waals surface area contributed by atoms with Gasteiger partial charge in [0.2, 0.25) is 0 Å². The van der Waals surface area contributed by atoms with Crippen LogP contribution in [0, 0.1) is 0 Å². The molecule has 0 fully saturated rings. The van der Waals surface area contributed by atoms with E-state index in [4.69, 9.17) is 4.74 Å². The van der Waals surface area contributed by atoms with Crippen LogP contribution in [0.3, 0.4) is 0 Å². The van der Waals surface area contributed by atoms with Crippen molar-refractivity contribution in [2.45, 2.75) is 19.3 Å². The first-order chi connectivity index (χ1) is 11.3. The highest BCUT2D eigenvalue weighted by Crippen LogP contribution is 2.25. The zero-order chi connectivity index (χ0) is 16.1. The van der Waals surface area contributed by atoms with Gasteiger partial charge in [-0.1, -0.05) is 24.3 Å². The fourth-order valence-corrected chi connectivity index (χ4v) is 3.04. The third-order valence-corrected chi connectivity index (χ3v) is 4.21. The van der Waals surface area contributed by atoms with Crippen molar-refractivity contribution in [2.24, 2.45) is 0 Å². The number of fused-ring (bicyclic) bond motifs is 1. The predicted octanol–water partition coefficient (Wildman–Crippen LogP) is 3.45. The fraction of sp³-hybridized carbons (Fsp3) is 0.316. The number of ether oxygens (including phenoxy) is 1. The maximum absolute atomic E-state index is 12.5. The molecule has 0 atom stereocenters. The minimum atomic E-state index is 0. The standard InChI is InChI=1S/C19H22N2O2.ClH/c1-23-18-10-3-2-6-14(18)11-13-21-19(22)16-7-4-9-17-15(16)8-5-12-20-17;/h2-4,6-7,9-10,20H,5,8,11-13H2,1H3,(H,21,22);1H. The molecule has 1 heterocycles. The Morgan fingerprint density at radius 3 is 2.88 bits per heavy atom. The molecule has 0 aliphatic carbocycles. The minimum absolute atomic E-state index is 0. The van der Waals surface area contributed by atoms with Gasteiger partial charge in [-0.3, -0.25) is 4.79 Å². The topological polar surface area (TPSA) is 50.4 Å². The molecule has 0 radical (unpaired) electrons. The van der Waals surface area contributed by atoms with Crippen molar-refractivity contribution in [3.05, 3.63) is 59.2 Å². The van der Waals surface area contributed by atoms with Gasteiger partial charge in [-0.2, -0.15) is 0 Å². The number of anilines is 1. The summed E-state index contributed by atoms with van der Waals surface area (Å²) in [6.45, 7) is 1.57. The number of rotatable bonds is 5. The summed E-state index contributed by atoms with van der Waals surface area (Å²) in [7, 11) is 1.67. The molecule has 1 amide bonds. The quantitative estimate of drug-likeness (QED) is 0.871. The van der Waals surface area contributed by atoms with E-state index in [2.05, 4.69) is 10.6 Å². The molecule has 5 heteroatoms. The average Bonchev–Trinajstić information content (AvgIpc) is 2.61. The highest BCUT2D eigenvalue weighted by atomic mass is 35.5. The number of hydrogen-bond donors (Lipinski definition) is 2. The monoisotopic (exact) mass is 346 g/mol. The molecular weight excluding hydrogens is 324 g/mol. The Morgan fingerprint density at radius 2 is 2.04 bits per heavy atom. The number of methoxy groups -OCH3 is 1. The van der Waals surface area contributed by atoms with Gasteiger partial charge in [0, 0.05) is 24.3 Å². The fourth-order valence-electron chi connectivity index (χ4n) is 3.04. The summed E-state index contributed by atoms with van der Waals surface area (Å²) in [4.78, 5) is 12.5. The second-order valence-electron chi connectivity index (χ2n) is 5.68. The van der Waals surface area contributed by atoms with Gasteiger partial charge in [0.25, 0.3) is 5.91 Å². The van der Waals surface area contributed by atoms with E-state index in [0.29, 0.717) is 6.54 Å². The van der Waals surface area contributed by atoms with Crippen molar-refractivity contribution >= 4 is 24.0 Å². The third-order valence-electron chi connectivity index (χ3n) is 4.21. The van der Waals surface area contributed by atoms with E-state index < -0.39 is 0 Å². The molecule has 1 aliphatic heterocycles. The number of halogens is 1. The van der Waals surface area contributed by atoms with Gasteiger partial charge in [0.05, 0.1) is 7.11 Å². The van der Waals surface area contributed by atoms with Crippen molar-refractivity contribution < 1.29 is 9.53 Å². The summed E-state index contributed by atoms with van der Waals surface area (Å²) >= 11 is 0. The lowest BCUT2D eigenvalue weighted by Crippen LogP contribution is -2.28. The molecule has 24 heavy (non-hydrogen) atoms. The van der Waals surface area contributed by atoms with Crippen LogP contribution in [0.2, 0.25) is 0 Å². The van der Waals surface area contributed by atoms with E-state index in [1.54, 1.807) is 7.11 Å². The van der Waals surface area contributed by atoms with Crippen LogP contribution in [0.4, 0.5) is 5.69 Å². The van der Waals surface area contributed by atoms with Crippen LogP contribution < -0.4 is 15.4 Å². The van der Waals surface area contributed by atoms with Crippen LogP contribution in [0.15, 0.2) is 42.5 Å². The summed E-state index contributed by atoms with van der Waals surface area (Å²) in [5.41, 5.74) is 4.11. The highest BCUT2D eigenvalue weighted by Gasteiger charge is 2.17. The minimum Gasteiger partial charge on any atom is -0.496 e. The van der Waals surface area contributed by atoms with E-state index >= 15 is 0 Å². The Bertz CT molecular complexity index is 704. The number of nitrogens with one attached hydrogen (secondary N) is 2. The summed E-state index contributed by atoms with van der Waals surface area (Å²) in [5.74, 6) is 0.864. The normalized spacial score (nSPS) is 12.4. The van der Waals surface area contributed by atoms with Crippen molar-refractivity contribution in [2.75, 3.05) is 25.5 Å². The Kier molecular flexibility index (Phi) is 6.50. The summed E-state index contributed by atoms with van der Waals surface area (Å²) < 4.78 is 5.34. The molecule has 2 aromatic rings. The number of benzene rings is 2. The van der Waals surface area contributed by atoms with Crippen molar-refractivity contribution in [1.29, 1.82) is 0 Å². The number of para-hydroxylation sites is 1. The Hall–Kier alpha value is -2.20. The molecule has 0 spiro atoms. The Balaban J connectivity index is 0.00000208. The number of amides is 1. The summed E-state index contributed by atoms with van der Waals surface area (Å²) in [5, 5.41) is 6.38. The molecule has 0 saturated carbocycles. The molecule has 0 bridgehead atoms. The number of carbonyl (C=O) groups excluding carboxylic acids is 1. The first-order valence-corrected chi connectivity index (χ1v) is 8.05. The number of carbonyl (C=O) groups is 1. The van der Waals surface area contributed by atoms with Crippen LogP contribution in [0.1, 0.15) is 27.9 Å². The van der Waals surface area contributed by atoms with Gasteiger partial charge in [-0.05, 0) is 48.6 Å². The molecular formula is C19H23ClN2O2. The second kappa shape index (κ2) is 8.60. The lowest BCUT2D eigenvalue weighted by molar-refractivity contribution is 0.0953. The van der Waals surface area contributed by atoms with E-state index in [-0.39, 0.29) is 18.3 Å². The van der Waals surface area contributed by atoms with Crippen LogP contribution in [0.5, 0.6) is 5.75 Å². The maximum Gasteiger partial charge on any atom is 0.251 e. The third kappa shape index (κ3) is 4.01. The molecule has 3 rings (SSSR count). The molecule has 128 valence electrons. The molecule has 2 N–H and O–H groups in total. The molecule has 4 nitrogen and oxygen atoms in total. The maximum atomic E-state index is 12.5. The van der Waals surface area contributed by atoms with Crippen LogP contribution in [-0.2, 0) is 12.8 Å². The zero-order valence-electron chi connectivity index (χ0n) is 13.8. The first-order valence-electron chi connectivity index (χ1n) is 8.05. The van der Waals surface area contributed by atoms with Gasteiger partial charge in [-0.25, -0.2) is 0 Å². The lowest BCUT2D eigenvalue weighted by Gasteiger charge is -2.20. The van der Waals surface area contributed by atoms with Crippen LogP contribution >= 0.6 is 12.4 Å². The zero-order valence-corrected chi connectivity index (χ0v) is 14.6. The summed E-state index contributed by atoms with van der Waals surface area (Å²) in [6, 6.07) is 13.8. The van der Waals surface area contributed by atoms with E-state index in [0.717, 1.165) is 53.9 Å². The Morgan fingerprint density at radius 1 is 1.21 bits per heavy atom. The van der Waals surface area contributed by atoms with Crippen LogP contribution in [0.25, 0.3) is 0 Å². The van der Waals surface area contributed by atoms with Crippen molar-refractivity contribution in [3.63, 3.8) is 0 Å². The van der Waals surface area contributed by atoms with E-state index in [1.165, 1.54) is 0 Å². The van der Waals surface area contributed by atoms with Gasteiger partial charge in [0.1, 0.15) is 5.75 Å². The highest BCUT2D eigenvalue weighted by molar-refractivity contribution is 5.97. The van der Waals surface area contributed by atoms with Gasteiger partial charge in [-0.15, -0.1) is 12.4 Å². The Labute approximate surface area is 149 Å². The molecule has 0 saturated heterocycles. The first kappa shape index (κ1) is 18.1. The predicted molar refractivity (Wildman–Crippen MR) is 99.5 cm³/mol. The van der Waals surface area contributed by atoms with E-state index in [1.807, 2.05) is 42.5 Å². The summed E-state index contributed by atoms with van der Waals surface area (Å²) in [6.07, 6.45) is 2.78. The molecule has 0 unspecified atom stereocenters. The largest absolute Gasteiger partial charge is 0.496 e. The lowest BCUT2D eigenvalue weighted by atomic mass is 9.97. The SMILES string of the molecule is COc1ccccc1CCNC(=O)c1cccc2c1CCCN2.Cl. The van der Waals surface area contributed by atoms with Gasteiger partial charge >= 0.3 is 0 Å². The van der Waals surface area contributed by atoms with Crippen molar-refractivity contribution in [3.8, 4) is 5.75 Å². The van der Waals surface area contributed by atoms with E-state index in [9.17, 15) is 4.79 Å². The molecule has 1 aliphatic rings. The average molecular weight is 347 g/mol. The molecule has 2 aromatic carbocycles. The number of hydrogen-bond acceptors (Lipinski definition) is 3. The van der Waals surface area contributed by atoms with Gasteiger partial charge in [0.15, 0.2) is 0 Å². The van der Waals surface area contributed by atoms with Crippen LogP contribution in [-0.4, -0.2) is 26.1 Å². The molecule has 0 aromatic heterocycles. The van der Waals surface area contributed by atoms with Crippen molar-refractivity contribution in [1.82, 2.24) is 5.32 Å². The smallest absolute Gasteiger partial charge is 0.251 e. The second-order valence-corrected chi connectivity index (χ2v) is 5.68.